The number of ether oxygens (including phenoxy) is 2. The molecule has 1 aliphatic rings. The number of carbonyl (C=O) groups excluding carboxylic acids is 1. The van der Waals surface area contributed by atoms with E-state index in [0.717, 1.165) is 23.3 Å². The number of methoxy groups -OCH3 is 1. The summed E-state index contributed by atoms with van der Waals surface area (Å²) in [5, 5.41) is 17.5. The summed E-state index contributed by atoms with van der Waals surface area (Å²) in [6, 6.07) is 21.6. The fourth-order valence-corrected chi connectivity index (χ4v) is 6.59. The minimum Gasteiger partial charge on any atom is -0.497 e. The van der Waals surface area contributed by atoms with Gasteiger partial charge in [-0.3, -0.25) is 9.10 Å². The highest BCUT2D eigenvalue weighted by atomic mass is 32.2. The lowest BCUT2D eigenvalue weighted by molar-refractivity contribution is 0.0829. The molecule has 3 aromatic rings. The van der Waals surface area contributed by atoms with Gasteiger partial charge in [0.2, 0.25) is 10.0 Å². The molecule has 0 spiro atoms. The van der Waals surface area contributed by atoms with E-state index >= 15 is 0 Å². The van der Waals surface area contributed by atoms with E-state index < -0.39 is 28.1 Å². The van der Waals surface area contributed by atoms with Gasteiger partial charge in [0.25, 0.3) is 5.91 Å². The molecule has 0 unspecified atom stereocenters. The molecule has 9 nitrogen and oxygen atoms in total. The Labute approximate surface area is 248 Å². The van der Waals surface area contributed by atoms with E-state index in [4.69, 9.17) is 9.47 Å². The van der Waals surface area contributed by atoms with Crippen LogP contribution >= 0.6 is 0 Å². The largest absolute Gasteiger partial charge is 0.497 e. The highest BCUT2D eigenvalue weighted by Gasteiger charge is 2.28. The summed E-state index contributed by atoms with van der Waals surface area (Å²) in [5.41, 5.74) is 2.63. The van der Waals surface area contributed by atoms with Gasteiger partial charge in [-0.2, -0.15) is 0 Å². The van der Waals surface area contributed by atoms with Gasteiger partial charge in [0, 0.05) is 31.3 Å². The lowest BCUT2D eigenvalue weighted by atomic mass is 10.00. The smallest absolute Gasteiger partial charge is 0.251 e. The Balaban J connectivity index is 1.54. The van der Waals surface area contributed by atoms with Crippen molar-refractivity contribution >= 4 is 21.6 Å². The summed E-state index contributed by atoms with van der Waals surface area (Å²) in [7, 11) is -1.87. The summed E-state index contributed by atoms with van der Waals surface area (Å²) in [6.45, 7) is 4.85. The van der Waals surface area contributed by atoms with E-state index in [-0.39, 0.29) is 24.0 Å². The molecule has 2 atom stereocenters. The number of hydrogen-bond donors (Lipinski definition) is 3. The predicted octanol–water partition coefficient (Wildman–Crippen LogP) is 3.90. The van der Waals surface area contributed by atoms with Crippen LogP contribution in [0.4, 0.5) is 5.69 Å². The first kappa shape index (κ1) is 31.3. The van der Waals surface area contributed by atoms with Crippen molar-refractivity contribution in [2.75, 3.05) is 30.3 Å². The molecule has 0 aromatic heterocycles. The first-order chi connectivity index (χ1) is 20.1. The van der Waals surface area contributed by atoms with Crippen molar-refractivity contribution < 1.29 is 27.8 Å². The second-order valence-electron chi connectivity index (χ2n) is 10.8. The lowest BCUT2D eigenvalue weighted by Gasteiger charge is -2.29. The van der Waals surface area contributed by atoms with Crippen molar-refractivity contribution in [1.82, 2.24) is 10.6 Å². The molecule has 0 radical (unpaired) electrons. The number of nitrogens with zero attached hydrogens (tertiary/aromatic N) is 1. The average Bonchev–Trinajstić information content (AvgIpc) is 2.96. The second-order valence-corrected chi connectivity index (χ2v) is 12.8. The molecule has 0 aliphatic carbocycles. The Morgan fingerprint density at radius 2 is 1.74 bits per heavy atom. The van der Waals surface area contributed by atoms with Gasteiger partial charge in [0.15, 0.2) is 0 Å². The van der Waals surface area contributed by atoms with Gasteiger partial charge in [-0.05, 0) is 68.5 Å². The van der Waals surface area contributed by atoms with Crippen LogP contribution in [0.1, 0.15) is 48.2 Å². The standard InChI is InChI=1S/C32H41N3O6S/c1-23(2)41-29-19-26(18-27(20-29)35-14-7-8-15-42(35,38)39)32(37)34-30(17-24-10-5-4-6-11-24)31(36)22-33-21-25-12-9-13-28(16-25)40-3/h4-6,9-13,16,18-20,23,30-31,33,36H,7-8,14-15,17,21-22H2,1-3H3,(H,34,37)/t30-,31+/m0/s1. The Morgan fingerprint density at radius 3 is 2.45 bits per heavy atom. The van der Waals surface area contributed by atoms with E-state index in [0.29, 0.717) is 37.4 Å². The highest BCUT2D eigenvalue weighted by molar-refractivity contribution is 7.92. The zero-order chi connectivity index (χ0) is 30.1. The molecular weight excluding hydrogens is 554 g/mol. The number of carbonyl (C=O) groups is 1. The lowest BCUT2D eigenvalue weighted by Crippen LogP contribution is -2.48. The molecule has 226 valence electrons. The maximum atomic E-state index is 13.7. The third-order valence-electron chi connectivity index (χ3n) is 7.06. The Hall–Kier alpha value is -3.60. The fourth-order valence-electron chi connectivity index (χ4n) is 4.97. The van der Waals surface area contributed by atoms with Crippen LogP contribution < -0.4 is 24.4 Å². The number of nitrogens with one attached hydrogen (secondary N) is 2. The summed E-state index contributed by atoms with van der Waals surface area (Å²) < 4.78 is 38.2. The van der Waals surface area contributed by atoms with Gasteiger partial charge in [0.05, 0.1) is 36.8 Å². The van der Waals surface area contributed by atoms with Crippen molar-refractivity contribution in [3.8, 4) is 11.5 Å². The molecule has 3 aromatic carbocycles. The van der Waals surface area contributed by atoms with E-state index in [1.807, 2.05) is 68.4 Å². The van der Waals surface area contributed by atoms with Crippen molar-refractivity contribution in [3.63, 3.8) is 0 Å². The SMILES string of the molecule is COc1cccc(CNC[C@@H](O)[C@H](Cc2ccccc2)NC(=O)c2cc(OC(C)C)cc(N3CCCCS3(=O)=O)c2)c1. The van der Waals surface area contributed by atoms with Crippen LogP contribution in [0, 0.1) is 0 Å². The number of amides is 1. The van der Waals surface area contributed by atoms with Crippen molar-refractivity contribution in [1.29, 1.82) is 0 Å². The van der Waals surface area contributed by atoms with Crippen LogP contribution in [0.3, 0.4) is 0 Å². The molecule has 3 N–H and O–H groups in total. The van der Waals surface area contributed by atoms with Gasteiger partial charge in [-0.1, -0.05) is 42.5 Å². The maximum Gasteiger partial charge on any atom is 0.251 e. The molecule has 0 saturated carbocycles. The number of aliphatic hydroxyl groups is 1. The Morgan fingerprint density at radius 1 is 0.976 bits per heavy atom. The van der Waals surface area contributed by atoms with Gasteiger partial charge in [-0.15, -0.1) is 0 Å². The van der Waals surface area contributed by atoms with Crippen molar-refractivity contribution in [3.05, 3.63) is 89.5 Å². The third kappa shape index (κ3) is 8.70. The van der Waals surface area contributed by atoms with E-state index in [1.165, 1.54) is 4.31 Å². The fraction of sp³-hybridized carbons (Fsp3) is 0.406. The summed E-state index contributed by atoms with van der Waals surface area (Å²) in [5.74, 6) is 0.809. The molecule has 1 amide bonds. The molecule has 1 aliphatic heterocycles. The quantitative estimate of drug-likeness (QED) is 0.274. The van der Waals surface area contributed by atoms with Crippen molar-refractivity contribution in [2.45, 2.75) is 57.9 Å². The maximum absolute atomic E-state index is 13.7. The molecule has 10 heteroatoms. The monoisotopic (exact) mass is 595 g/mol. The van der Waals surface area contributed by atoms with Crippen LogP contribution in [0.25, 0.3) is 0 Å². The number of rotatable bonds is 13. The number of benzene rings is 3. The van der Waals surface area contributed by atoms with Crippen molar-refractivity contribution in [2.24, 2.45) is 0 Å². The Bertz CT molecular complexity index is 1430. The summed E-state index contributed by atoms with van der Waals surface area (Å²) in [4.78, 5) is 13.7. The summed E-state index contributed by atoms with van der Waals surface area (Å²) in [6.07, 6.45) is 0.683. The van der Waals surface area contributed by atoms with E-state index in [9.17, 15) is 18.3 Å². The minimum atomic E-state index is -3.49. The number of anilines is 1. The van der Waals surface area contributed by atoms with E-state index in [2.05, 4.69) is 10.6 Å². The van der Waals surface area contributed by atoms with Gasteiger partial charge in [-0.25, -0.2) is 8.42 Å². The topological polar surface area (TPSA) is 117 Å². The number of sulfonamides is 1. The van der Waals surface area contributed by atoms with E-state index in [1.54, 1.807) is 25.3 Å². The van der Waals surface area contributed by atoms with Crippen LogP contribution in [-0.2, 0) is 23.0 Å². The second kappa shape index (κ2) is 14.5. The summed E-state index contributed by atoms with van der Waals surface area (Å²) >= 11 is 0. The molecule has 1 saturated heterocycles. The first-order valence-electron chi connectivity index (χ1n) is 14.3. The van der Waals surface area contributed by atoms with Crippen LogP contribution in [0.5, 0.6) is 11.5 Å². The zero-order valence-electron chi connectivity index (χ0n) is 24.5. The van der Waals surface area contributed by atoms with Crippen LogP contribution in [0.2, 0.25) is 0 Å². The first-order valence-corrected chi connectivity index (χ1v) is 15.9. The third-order valence-corrected chi connectivity index (χ3v) is 8.93. The minimum absolute atomic E-state index is 0.0674. The Kier molecular flexibility index (Phi) is 10.8. The number of aliphatic hydroxyl groups excluding tert-OH is 1. The molecule has 0 bridgehead atoms. The van der Waals surface area contributed by atoms with Crippen LogP contribution in [-0.4, -0.2) is 63.6 Å². The predicted molar refractivity (Wildman–Crippen MR) is 165 cm³/mol. The van der Waals surface area contributed by atoms with Crippen LogP contribution in [0.15, 0.2) is 72.8 Å². The molecule has 4 rings (SSSR count). The van der Waals surface area contributed by atoms with Gasteiger partial charge < -0.3 is 25.2 Å². The zero-order valence-corrected chi connectivity index (χ0v) is 25.3. The highest BCUT2D eigenvalue weighted by Crippen LogP contribution is 2.30. The molecule has 1 heterocycles. The number of hydrogen-bond acceptors (Lipinski definition) is 7. The van der Waals surface area contributed by atoms with Gasteiger partial charge in [0.1, 0.15) is 11.5 Å². The molecular formula is C32H41N3O6S. The van der Waals surface area contributed by atoms with Gasteiger partial charge >= 0.3 is 0 Å². The molecule has 42 heavy (non-hydrogen) atoms. The average molecular weight is 596 g/mol. The molecule has 1 fully saturated rings. The normalized spacial score (nSPS) is 16.1.